The average Bonchev–Trinajstić information content (AvgIpc) is 2.67. The summed E-state index contributed by atoms with van der Waals surface area (Å²) >= 11 is 0. The van der Waals surface area contributed by atoms with E-state index in [0.29, 0.717) is 5.56 Å². The quantitative estimate of drug-likeness (QED) is 0.772. The standard InChI is InChI=1S/C12H12N2O/c1-9(15)11-8-13-14-12(11)7-10-5-3-2-4-6-10/h2-6,8H,7H2,1H3,(H,13,14). The van der Waals surface area contributed by atoms with Gasteiger partial charge in [-0.1, -0.05) is 30.3 Å². The van der Waals surface area contributed by atoms with Crippen LogP contribution >= 0.6 is 0 Å². The highest BCUT2D eigenvalue weighted by atomic mass is 16.1. The van der Waals surface area contributed by atoms with Gasteiger partial charge in [0, 0.05) is 6.42 Å². The molecule has 1 aromatic carbocycles. The number of carbonyl (C=O) groups is 1. The number of hydrogen-bond acceptors (Lipinski definition) is 2. The number of H-pyrrole nitrogens is 1. The largest absolute Gasteiger partial charge is 0.294 e. The zero-order valence-corrected chi connectivity index (χ0v) is 8.53. The van der Waals surface area contributed by atoms with Crippen molar-refractivity contribution in [2.24, 2.45) is 0 Å². The van der Waals surface area contributed by atoms with Crippen LogP contribution in [0.5, 0.6) is 0 Å². The Hall–Kier alpha value is -1.90. The smallest absolute Gasteiger partial charge is 0.163 e. The van der Waals surface area contributed by atoms with Gasteiger partial charge >= 0.3 is 0 Å². The van der Waals surface area contributed by atoms with Crippen molar-refractivity contribution in [2.45, 2.75) is 13.3 Å². The van der Waals surface area contributed by atoms with E-state index in [1.807, 2.05) is 30.3 Å². The molecule has 0 unspecified atom stereocenters. The fraction of sp³-hybridized carbons (Fsp3) is 0.167. The molecule has 0 aliphatic carbocycles. The first-order chi connectivity index (χ1) is 7.27. The van der Waals surface area contributed by atoms with E-state index < -0.39 is 0 Å². The van der Waals surface area contributed by atoms with Crippen LogP contribution in [0.1, 0.15) is 28.5 Å². The molecule has 3 nitrogen and oxygen atoms in total. The predicted octanol–water partition coefficient (Wildman–Crippen LogP) is 2.20. The molecule has 0 radical (unpaired) electrons. The van der Waals surface area contributed by atoms with Gasteiger partial charge in [-0.3, -0.25) is 9.89 Å². The Balaban J connectivity index is 2.25. The predicted molar refractivity (Wildman–Crippen MR) is 57.8 cm³/mol. The van der Waals surface area contributed by atoms with Crippen LogP contribution in [0.15, 0.2) is 36.5 Å². The average molecular weight is 200 g/mol. The molecule has 0 aliphatic rings. The lowest BCUT2D eigenvalue weighted by molar-refractivity contribution is 0.101. The molecule has 1 aromatic heterocycles. The first kappa shape index (κ1) is 9.65. The third-order valence-corrected chi connectivity index (χ3v) is 2.32. The molecular formula is C12H12N2O. The normalized spacial score (nSPS) is 10.2. The van der Waals surface area contributed by atoms with Crippen molar-refractivity contribution in [1.29, 1.82) is 0 Å². The molecule has 0 bridgehead atoms. The van der Waals surface area contributed by atoms with Crippen LogP contribution in [-0.4, -0.2) is 16.0 Å². The van der Waals surface area contributed by atoms with Gasteiger partial charge in [-0.2, -0.15) is 5.10 Å². The Kier molecular flexibility index (Phi) is 2.63. The number of aromatic amines is 1. The van der Waals surface area contributed by atoms with Crippen LogP contribution in [0.2, 0.25) is 0 Å². The lowest BCUT2D eigenvalue weighted by atomic mass is 10.1. The summed E-state index contributed by atoms with van der Waals surface area (Å²) < 4.78 is 0. The van der Waals surface area contributed by atoms with Gasteiger partial charge in [0.05, 0.1) is 17.5 Å². The van der Waals surface area contributed by atoms with E-state index in [0.717, 1.165) is 12.1 Å². The molecule has 0 atom stereocenters. The SMILES string of the molecule is CC(=O)c1cn[nH]c1Cc1ccccc1. The molecule has 0 saturated carbocycles. The summed E-state index contributed by atoms with van der Waals surface area (Å²) in [7, 11) is 0. The number of rotatable bonds is 3. The van der Waals surface area contributed by atoms with Crippen molar-refractivity contribution in [3.63, 3.8) is 0 Å². The maximum absolute atomic E-state index is 11.3. The van der Waals surface area contributed by atoms with Crippen LogP contribution in [-0.2, 0) is 6.42 Å². The number of carbonyl (C=O) groups excluding carboxylic acids is 1. The minimum Gasteiger partial charge on any atom is -0.294 e. The summed E-state index contributed by atoms with van der Waals surface area (Å²) in [5.41, 5.74) is 2.73. The summed E-state index contributed by atoms with van der Waals surface area (Å²) in [5.74, 6) is 0.0506. The van der Waals surface area contributed by atoms with Gasteiger partial charge in [0.2, 0.25) is 0 Å². The maximum Gasteiger partial charge on any atom is 0.163 e. The highest BCUT2D eigenvalue weighted by Gasteiger charge is 2.09. The van der Waals surface area contributed by atoms with Crippen molar-refractivity contribution >= 4 is 5.78 Å². The summed E-state index contributed by atoms with van der Waals surface area (Å²) in [5, 5.41) is 6.76. The van der Waals surface area contributed by atoms with Gasteiger partial charge in [0.25, 0.3) is 0 Å². The number of aromatic nitrogens is 2. The molecule has 0 fully saturated rings. The molecule has 3 heteroatoms. The van der Waals surface area contributed by atoms with Crippen LogP contribution in [0.3, 0.4) is 0 Å². The Morgan fingerprint density at radius 1 is 1.33 bits per heavy atom. The molecule has 1 N–H and O–H groups in total. The second kappa shape index (κ2) is 4.09. The van der Waals surface area contributed by atoms with Crippen molar-refractivity contribution in [1.82, 2.24) is 10.2 Å². The zero-order chi connectivity index (χ0) is 10.7. The summed E-state index contributed by atoms with van der Waals surface area (Å²) in [6, 6.07) is 10.0. The number of nitrogens with one attached hydrogen (secondary N) is 1. The lowest BCUT2D eigenvalue weighted by Gasteiger charge is -2.00. The van der Waals surface area contributed by atoms with Crippen LogP contribution < -0.4 is 0 Å². The summed E-state index contributed by atoms with van der Waals surface area (Å²) in [6.45, 7) is 1.55. The second-order valence-electron chi connectivity index (χ2n) is 3.48. The van der Waals surface area contributed by atoms with Gasteiger partial charge in [0.1, 0.15) is 0 Å². The van der Waals surface area contributed by atoms with Crippen molar-refractivity contribution in [2.75, 3.05) is 0 Å². The van der Waals surface area contributed by atoms with Gasteiger partial charge in [-0.15, -0.1) is 0 Å². The van der Waals surface area contributed by atoms with Crippen LogP contribution in [0, 0.1) is 0 Å². The van der Waals surface area contributed by atoms with Crippen molar-refractivity contribution < 1.29 is 4.79 Å². The van der Waals surface area contributed by atoms with E-state index in [2.05, 4.69) is 10.2 Å². The molecule has 0 spiro atoms. The van der Waals surface area contributed by atoms with Gasteiger partial charge in [-0.25, -0.2) is 0 Å². The van der Waals surface area contributed by atoms with E-state index in [1.165, 1.54) is 5.56 Å². The highest BCUT2D eigenvalue weighted by Crippen LogP contribution is 2.11. The number of ketones is 1. The molecular weight excluding hydrogens is 188 g/mol. The number of Topliss-reactive ketones (excluding diaryl/α,β-unsaturated/α-hetero) is 1. The van der Waals surface area contributed by atoms with E-state index >= 15 is 0 Å². The fourth-order valence-electron chi connectivity index (χ4n) is 1.55. The first-order valence-corrected chi connectivity index (χ1v) is 4.84. The van der Waals surface area contributed by atoms with Crippen molar-refractivity contribution in [3.05, 3.63) is 53.3 Å². The Bertz CT molecular complexity index is 459. The molecule has 0 saturated heterocycles. The van der Waals surface area contributed by atoms with E-state index in [4.69, 9.17) is 0 Å². The topological polar surface area (TPSA) is 45.8 Å². The minimum absolute atomic E-state index is 0.0506. The highest BCUT2D eigenvalue weighted by molar-refractivity contribution is 5.94. The molecule has 76 valence electrons. The Morgan fingerprint density at radius 2 is 2.07 bits per heavy atom. The van der Waals surface area contributed by atoms with Gasteiger partial charge in [0.15, 0.2) is 5.78 Å². The van der Waals surface area contributed by atoms with E-state index in [1.54, 1.807) is 13.1 Å². The molecule has 15 heavy (non-hydrogen) atoms. The third kappa shape index (κ3) is 2.13. The molecule has 0 amide bonds. The number of nitrogens with zero attached hydrogens (tertiary/aromatic N) is 1. The van der Waals surface area contributed by atoms with Crippen LogP contribution in [0.4, 0.5) is 0 Å². The molecule has 2 aromatic rings. The number of hydrogen-bond donors (Lipinski definition) is 1. The molecule has 0 aliphatic heterocycles. The number of benzene rings is 1. The lowest BCUT2D eigenvalue weighted by Crippen LogP contribution is -1.98. The van der Waals surface area contributed by atoms with Crippen molar-refractivity contribution in [3.8, 4) is 0 Å². The fourth-order valence-corrected chi connectivity index (χ4v) is 1.55. The van der Waals surface area contributed by atoms with E-state index in [9.17, 15) is 4.79 Å². The second-order valence-corrected chi connectivity index (χ2v) is 3.48. The molecule has 2 rings (SSSR count). The molecule has 1 heterocycles. The van der Waals surface area contributed by atoms with Crippen LogP contribution in [0.25, 0.3) is 0 Å². The summed E-state index contributed by atoms with van der Waals surface area (Å²) in [4.78, 5) is 11.3. The van der Waals surface area contributed by atoms with Gasteiger partial charge < -0.3 is 0 Å². The Labute approximate surface area is 88.1 Å². The first-order valence-electron chi connectivity index (χ1n) is 4.84. The van der Waals surface area contributed by atoms with E-state index in [-0.39, 0.29) is 5.78 Å². The maximum atomic E-state index is 11.3. The monoisotopic (exact) mass is 200 g/mol. The third-order valence-electron chi connectivity index (χ3n) is 2.32. The Morgan fingerprint density at radius 3 is 2.73 bits per heavy atom. The van der Waals surface area contributed by atoms with Gasteiger partial charge in [-0.05, 0) is 12.5 Å². The minimum atomic E-state index is 0.0506. The summed E-state index contributed by atoms with van der Waals surface area (Å²) in [6.07, 6.45) is 2.30. The zero-order valence-electron chi connectivity index (χ0n) is 8.53.